The van der Waals surface area contributed by atoms with Crippen LogP contribution in [-0.2, 0) is 12.8 Å². The van der Waals surface area contributed by atoms with E-state index in [1.54, 1.807) is 13.1 Å². The molecule has 2 aromatic rings. The quantitative estimate of drug-likeness (QED) is 0.879. The summed E-state index contributed by atoms with van der Waals surface area (Å²) >= 11 is 0. The molecule has 0 amide bonds. The Morgan fingerprint density at radius 2 is 2.11 bits per heavy atom. The summed E-state index contributed by atoms with van der Waals surface area (Å²) in [5, 5.41) is 9.83. The van der Waals surface area contributed by atoms with Gasteiger partial charge in [0.2, 0.25) is 0 Å². The van der Waals surface area contributed by atoms with Crippen LogP contribution >= 0.6 is 0 Å². The van der Waals surface area contributed by atoms with Crippen molar-refractivity contribution in [3.05, 3.63) is 41.6 Å². The predicted octanol–water partition coefficient (Wildman–Crippen LogP) is 2.20. The summed E-state index contributed by atoms with van der Waals surface area (Å²) in [6, 6.07) is 3.77. The van der Waals surface area contributed by atoms with E-state index in [0.717, 1.165) is 24.2 Å². The van der Waals surface area contributed by atoms with Crippen LogP contribution in [-0.4, -0.2) is 19.6 Å². The van der Waals surface area contributed by atoms with Crippen molar-refractivity contribution in [1.29, 1.82) is 0 Å². The van der Waals surface area contributed by atoms with Crippen LogP contribution in [0.2, 0.25) is 0 Å². The van der Waals surface area contributed by atoms with Gasteiger partial charge in [-0.3, -0.25) is 4.57 Å². The van der Waals surface area contributed by atoms with Crippen LogP contribution in [0.5, 0.6) is 0 Å². The van der Waals surface area contributed by atoms with Crippen molar-refractivity contribution in [2.75, 3.05) is 0 Å². The summed E-state index contributed by atoms with van der Waals surface area (Å²) in [5.74, 6) is 0.808. The van der Waals surface area contributed by atoms with Crippen molar-refractivity contribution in [1.82, 2.24) is 14.5 Å². The zero-order valence-electron chi connectivity index (χ0n) is 10.5. The van der Waals surface area contributed by atoms with Crippen molar-refractivity contribution in [3.63, 3.8) is 0 Å². The van der Waals surface area contributed by atoms with Crippen LogP contribution in [0.25, 0.3) is 5.82 Å². The molecule has 18 heavy (non-hydrogen) atoms. The summed E-state index contributed by atoms with van der Waals surface area (Å²) in [6.07, 6.45) is 7.60. The number of aromatic nitrogens is 3. The lowest BCUT2D eigenvalue weighted by molar-refractivity contribution is 0.198. The maximum Gasteiger partial charge on any atom is 0.143 e. The maximum atomic E-state index is 9.83. The lowest BCUT2D eigenvalue weighted by atomic mass is 10.0. The zero-order chi connectivity index (χ0) is 12.5. The first kappa shape index (κ1) is 11.4. The van der Waals surface area contributed by atoms with E-state index in [2.05, 4.69) is 9.97 Å². The van der Waals surface area contributed by atoms with Crippen molar-refractivity contribution in [2.24, 2.45) is 0 Å². The minimum atomic E-state index is -0.518. The molecule has 0 aliphatic heterocycles. The molecule has 0 spiro atoms. The van der Waals surface area contributed by atoms with Gasteiger partial charge in [0.15, 0.2) is 0 Å². The molecule has 1 aliphatic carbocycles. The number of rotatable bonds is 2. The van der Waals surface area contributed by atoms with Crippen LogP contribution in [0, 0.1) is 0 Å². The largest absolute Gasteiger partial charge is 0.389 e. The van der Waals surface area contributed by atoms with Gasteiger partial charge in [-0.1, -0.05) is 6.07 Å². The lowest BCUT2D eigenvalue weighted by Crippen LogP contribution is -2.10. The Kier molecular flexibility index (Phi) is 2.88. The van der Waals surface area contributed by atoms with Gasteiger partial charge in [-0.15, -0.1) is 0 Å². The number of aliphatic hydroxyl groups excluding tert-OH is 1. The van der Waals surface area contributed by atoms with Crippen LogP contribution in [0.4, 0.5) is 0 Å². The fourth-order valence-corrected chi connectivity index (χ4v) is 2.59. The van der Waals surface area contributed by atoms with E-state index >= 15 is 0 Å². The van der Waals surface area contributed by atoms with Gasteiger partial charge >= 0.3 is 0 Å². The Balaban J connectivity index is 2.13. The molecular weight excluding hydrogens is 226 g/mol. The average Bonchev–Trinajstić information content (AvgIpc) is 2.82. The molecular formula is C14H17N3O. The topological polar surface area (TPSA) is 50.9 Å². The molecule has 0 saturated heterocycles. The van der Waals surface area contributed by atoms with Gasteiger partial charge in [-0.2, -0.15) is 0 Å². The second kappa shape index (κ2) is 4.53. The Bertz CT molecular complexity index is 560. The van der Waals surface area contributed by atoms with E-state index in [0.29, 0.717) is 0 Å². The highest BCUT2D eigenvalue weighted by atomic mass is 16.3. The molecule has 2 aromatic heterocycles. The minimum absolute atomic E-state index is 0.518. The van der Waals surface area contributed by atoms with E-state index < -0.39 is 6.10 Å². The number of pyridine rings is 1. The third-order valence-electron chi connectivity index (χ3n) is 3.53. The number of fused-ring (bicyclic) bond motifs is 1. The van der Waals surface area contributed by atoms with Crippen LogP contribution in [0.15, 0.2) is 24.7 Å². The molecule has 0 fully saturated rings. The number of hydrogen-bond acceptors (Lipinski definition) is 3. The van der Waals surface area contributed by atoms with Gasteiger partial charge < -0.3 is 5.11 Å². The fourth-order valence-electron chi connectivity index (χ4n) is 2.59. The summed E-state index contributed by atoms with van der Waals surface area (Å²) in [7, 11) is 0. The smallest absolute Gasteiger partial charge is 0.143 e. The molecule has 4 heteroatoms. The van der Waals surface area contributed by atoms with Crippen molar-refractivity contribution < 1.29 is 5.11 Å². The molecule has 3 rings (SSSR count). The van der Waals surface area contributed by atoms with E-state index in [4.69, 9.17) is 0 Å². The molecule has 0 radical (unpaired) electrons. The van der Waals surface area contributed by atoms with Crippen molar-refractivity contribution in [2.45, 2.75) is 38.7 Å². The number of aliphatic hydroxyl groups is 1. The third-order valence-corrected chi connectivity index (χ3v) is 3.53. The molecule has 0 saturated carbocycles. The highest BCUT2D eigenvalue weighted by Crippen LogP contribution is 2.25. The summed E-state index contributed by atoms with van der Waals surface area (Å²) in [6.45, 7) is 1.77. The second-order valence-electron chi connectivity index (χ2n) is 4.81. The Morgan fingerprint density at radius 1 is 1.28 bits per heavy atom. The van der Waals surface area contributed by atoms with Gasteiger partial charge in [-0.25, -0.2) is 9.97 Å². The molecule has 0 unspecified atom stereocenters. The molecule has 0 bridgehead atoms. The normalized spacial score (nSPS) is 16.3. The average molecular weight is 243 g/mol. The van der Waals surface area contributed by atoms with Gasteiger partial charge in [-0.05, 0) is 38.7 Å². The molecule has 1 N–H and O–H groups in total. The van der Waals surface area contributed by atoms with Gasteiger partial charge in [0.05, 0.1) is 11.8 Å². The van der Waals surface area contributed by atoms with Crippen LogP contribution in [0.3, 0.4) is 0 Å². The van der Waals surface area contributed by atoms with Gasteiger partial charge in [0.1, 0.15) is 12.1 Å². The van der Waals surface area contributed by atoms with Crippen LogP contribution in [0.1, 0.15) is 42.8 Å². The molecule has 4 nitrogen and oxygen atoms in total. The molecule has 1 atom stereocenters. The Labute approximate surface area is 106 Å². The first-order valence-corrected chi connectivity index (χ1v) is 6.46. The number of nitrogens with zero attached hydrogens (tertiary/aromatic N) is 3. The fraction of sp³-hybridized carbons (Fsp3) is 0.429. The third kappa shape index (κ3) is 1.82. The standard InChI is InChI=1S/C14H17N3O/c1-10(18)11-5-4-8-15-14(11)17-9-16-12-6-2-3-7-13(12)17/h4-5,8-10,18H,2-3,6-7H2,1H3/t10-/m0/s1. The summed E-state index contributed by atoms with van der Waals surface area (Å²) in [4.78, 5) is 8.89. The summed E-state index contributed by atoms with van der Waals surface area (Å²) in [5.41, 5.74) is 3.29. The molecule has 0 aromatic carbocycles. The number of hydrogen-bond donors (Lipinski definition) is 1. The predicted molar refractivity (Wildman–Crippen MR) is 68.6 cm³/mol. The molecule has 1 aliphatic rings. The molecule has 94 valence electrons. The van der Waals surface area contributed by atoms with Gasteiger partial charge in [0, 0.05) is 17.5 Å². The maximum absolute atomic E-state index is 9.83. The van der Waals surface area contributed by atoms with E-state index in [9.17, 15) is 5.11 Å². The monoisotopic (exact) mass is 243 g/mol. The highest BCUT2D eigenvalue weighted by Gasteiger charge is 2.19. The Morgan fingerprint density at radius 3 is 2.94 bits per heavy atom. The first-order chi connectivity index (χ1) is 8.77. The van der Waals surface area contributed by atoms with Gasteiger partial charge in [0.25, 0.3) is 0 Å². The first-order valence-electron chi connectivity index (χ1n) is 6.46. The molecule has 2 heterocycles. The zero-order valence-corrected chi connectivity index (χ0v) is 10.5. The number of aryl methyl sites for hydroxylation is 1. The number of imidazole rings is 1. The second-order valence-corrected chi connectivity index (χ2v) is 4.81. The van der Waals surface area contributed by atoms with E-state index in [1.807, 2.05) is 23.0 Å². The Hall–Kier alpha value is -1.68. The van der Waals surface area contributed by atoms with E-state index in [1.165, 1.54) is 24.2 Å². The highest BCUT2D eigenvalue weighted by molar-refractivity contribution is 5.38. The minimum Gasteiger partial charge on any atom is -0.389 e. The van der Waals surface area contributed by atoms with Crippen LogP contribution < -0.4 is 0 Å². The van der Waals surface area contributed by atoms with E-state index in [-0.39, 0.29) is 0 Å². The lowest BCUT2D eigenvalue weighted by Gasteiger charge is -2.16. The summed E-state index contributed by atoms with van der Waals surface area (Å²) < 4.78 is 2.04. The van der Waals surface area contributed by atoms with Crippen molar-refractivity contribution in [3.8, 4) is 5.82 Å². The van der Waals surface area contributed by atoms with Crippen molar-refractivity contribution >= 4 is 0 Å². The SMILES string of the molecule is C[C@H](O)c1cccnc1-n1cnc2c1CCCC2.